The molecule has 108 valence electrons. The second kappa shape index (κ2) is 5.80. The molecule has 4 nitrogen and oxygen atoms in total. The highest BCUT2D eigenvalue weighted by Crippen LogP contribution is 2.37. The van der Waals surface area contributed by atoms with Crippen molar-refractivity contribution < 1.29 is 4.79 Å². The van der Waals surface area contributed by atoms with Crippen LogP contribution in [0.4, 0.5) is 0 Å². The Hall–Kier alpha value is -0.610. The van der Waals surface area contributed by atoms with Crippen molar-refractivity contribution >= 4 is 5.91 Å². The summed E-state index contributed by atoms with van der Waals surface area (Å²) >= 11 is 0. The Balaban J connectivity index is 1.64. The lowest BCUT2D eigenvalue weighted by atomic mass is 9.90. The Bertz CT molecular complexity index is 327. The van der Waals surface area contributed by atoms with Crippen LogP contribution in [-0.4, -0.2) is 60.5 Å². The van der Waals surface area contributed by atoms with E-state index in [1.165, 1.54) is 32.1 Å². The first-order chi connectivity index (χ1) is 9.27. The van der Waals surface area contributed by atoms with Crippen LogP contribution < -0.4 is 5.32 Å². The van der Waals surface area contributed by atoms with Crippen LogP contribution in [0.1, 0.15) is 39.0 Å². The molecule has 2 heterocycles. The highest BCUT2D eigenvalue weighted by atomic mass is 16.2. The molecule has 1 N–H and O–H groups in total. The fourth-order valence-electron chi connectivity index (χ4n) is 4.26. The first kappa shape index (κ1) is 13.4. The Kier molecular flexibility index (Phi) is 4.08. The predicted octanol–water partition coefficient (Wildman–Crippen LogP) is 1.07. The van der Waals surface area contributed by atoms with Gasteiger partial charge in [0, 0.05) is 32.2 Å². The lowest BCUT2D eigenvalue weighted by molar-refractivity contribution is -0.139. The number of piperazine rings is 1. The molecular formula is C15H27N3O. The lowest BCUT2D eigenvalue weighted by Crippen LogP contribution is -2.56. The zero-order valence-corrected chi connectivity index (χ0v) is 12.1. The van der Waals surface area contributed by atoms with Crippen LogP contribution in [0.15, 0.2) is 0 Å². The second-order valence-electron chi connectivity index (χ2n) is 6.39. The molecule has 1 aliphatic carbocycles. The van der Waals surface area contributed by atoms with Gasteiger partial charge >= 0.3 is 0 Å². The van der Waals surface area contributed by atoms with Crippen LogP contribution in [0.25, 0.3) is 0 Å². The third-order valence-electron chi connectivity index (χ3n) is 5.32. The zero-order valence-electron chi connectivity index (χ0n) is 12.1. The Morgan fingerprint density at radius 1 is 1.11 bits per heavy atom. The van der Waals surface area contributed by atoms with E-state index in [1.54, 1.807) is 0 Å². The normalized spacial score (nSPS) is 34.1. The number of nitrogens with one attached hydrogen (secondary N) is 1. The highest BCUT2D eigenvalue weighted by molar-refractivity contribution is 5.81. The average molecular weight is 265 g/mol. The van der Waals surface area contributed by atoms with Crippen LogP contribution in [0.3, 0.4) is 0 Å². The van der Waals surface area contributed by atoms with Gasteiger partial charge in [-0.2, -0.15) is 0 Å². The zero-order chi connectivity index (χ0) is 13.2. The minimum Gasteiger partial charge on any atom is -0.339 e. The molecule has 19 heavy (non-hydrogen) atoms. The number of carbonyl (C=O) groups is 1. The average Bonchev–Trinajstić information content (AvgIpc) is 2.95. The summed E-state index contributed by atoms with van der Waals surface area (Å²) in [4.78, 5) is 17.2. The summed E-state index contributed by atoms with van der Waals surface area (Å²) in [6.07, 6.45) is 6.72. The summed E-state index contributed by atoms with van der Waals surface area (Å²) in [6.45, 7) is 6.91. The van der Waals surface area contributed by atoms with Crippen molar-refractivity contribution in [3.8, 4) is 0 Å². The molecule has 3 unspecified atom stereocenters. The fraction of sp³-hybridized carbons (Fsp3) is 0.933. The predicted molar refractivity (Wildman–Crippen MR) is 76.0 cm³/mol. The summed E-state index contributed by atoms with van der Waals surface area (Å²) < 4.78 is 0. The lowest BCUT2D eigenvalue weighted by Gasteiger charge is -2.42. The molecule has 0 bridgehead atoms. The first-order valence-electron chi connectivity index (χ1n) is 8.02. The van der Waals surface area contributed by atoms with Gasteiger partial charge in [0.1, 0.15) is 0 Å². The number of likely N-dealkylation sites (tertiary alicyclic amines) is 1. The topological polar surface area (TPSA) is 35.6 Å². The molecule has 2 saturated heterocycles. The van der Waals surface area contributed by atoms with Crippen molar-refractivity contribution in [2.75, 3.05) is 32.7 Å². The number of amides is 1. The fourth-order valence-corrected chi connectivity index (χ4v) is 4.26. The Labute approximate surface area is 116 Å². The van der Waals surface area contributed by atoms with E-state index in [4.69, 9.17) is 0 Å². The van der Waals surface area contributed by atoms with E-state index in [0.29, 0.717) is 11.9 Å². The molecular weight excluding hydrogens is 238 g/mol. The van der Waals surface area contributed by atoms with Crippen molar-refractivity contribution in [2.24, 2.45) is 5.92 Å². The third-order valence-corrected chi connectivity index (χ3v) is 5.32. The quantitative estimate of drug-likeness (QED) is 0.811. The van der Waals surface area contributed by atoms with Crippen LogP contribution in [0, 0.1) is 5.92 Å². The third kappa shape index (κ3) is 2.65. The van der Waals surface area contributed by atoms with Gasteiger partial charge < -0.3 is 10.2 Å². The standard InChI is InChI=1S/C15H27N3O/c1-12(15(19)17-10-7-16-8-11-17)18-9-3-5-13-4-2-6-14(13)18/h12-14,16H,2-11H2,1H3. The van der Waals surface area contributed by atoms with E-state index < -0.39 is 0 Å². The van der Waals surface area contributed by atoms with Crippen LogP contribution in [0.5, 0.6) is 0 Å². The van der Waals surface area contributed by atoms with Crippen molar-refractivity contribution in [2.45, 2.75) is 51.1 Å². The van der Waals surface area contributed by atoms with Gasteiger partial charge in [0.2, 0.25) is 5.91 Å². The van der Waals surface area contributed by atoms with Crippen molar-refractivity contribution in [1.82, 2.24) is 15.1 Å². The van der Waals surface area contributed by atoms with E-state index in [1.807, 2.05) is 0 Å². The van der Waals surface area contributed by atoms with Crippen molar-refractivity contribution in [1.29, 1.82) is 0 Å². The number of carbonyl (C=O) groups excluding carboxylic acids is 1. The smallest absolute Gasteiger partial charge is 0.239 e. The number of fused-ring (bicyclic) bond motifs is 1. The van der Waals surface area contributed by atoms with Gasteiger partial charge in [0.15, 0.2) is 0 Å². The molecule has 4 heteroatoms. The highest BCUT2D eigenvalue weighted by Gasteiger charge is 2.39. The maximum Gasteiger partial charge on any atom is 0.239 e. The second-order valence-corrected chi connectivity index (χ2v) is 6.39. The molecule has 0 aromatic carbocycles. The molecule has 3 aliphatic rings. The number of hydrogen-bond acceptors (Lipinski definition) is 3. The van der Waals surface area contributed by atoms with Gasteiger partial charge in [-0.15, -0.1) is 0 Å². The molecule has 0 aromatic heterocycles. The molecule has 3 rings (SSSR count). The van der Waals surface area contributed by atoms with Crippen LogP contribution in [0.2, 0.25) is 0 Å². The molecule has 2 aliphatic heterocycles. The number of hydrogen-bond donors (Lipinski definition) is 1. The summed E-state index contributed by atoms with van der Waals surface area (Å²) in [5, 5.41) is 3.32. The van der Waals surface area contributed by atoms with Gasteiger partial charge in [-0.05, 0) is 45.1 Å². The van der Waals surface area contributed by atoms with Gasteiger partial charge in [0.25, 0.3) is 0 Å². The molecule has 1 amide bonds. The van der Waals surface area contributed by atoms with E-state index in [2.05, 4.69) is 22.0 Å². The summed E-state index contributed by atoms with van der Waals surface area (Å²) in [6, 6.07) is 0.777. The van der Waals surface area contributed by atoms with E-state index in [9.17, 15) is 4.79 Å². The van der Waals surface area contributed by atoms with Crippen molar-refractivity contribution in [3.05, 3.63) is 0 Å². The van der Waals surface area contributed by atoms with Gasteiger partial charge in [-0.3, -0.25) is 9.69 Å². The summed E-state index contributed by atoms with van der Waals surface area (Å²) in [5.41, 5.74) is 0. The van der Waals surface area contributed by atoms with Crippen LogP contribution >= 0.6 is 0 Å². The minimum absolute atomic E-state index is 0.0870. The summed E-state index contributed by atoms with van der Waals surface area (Å²) in [7, 11) is 0. The first-order valence-corrected chi connectivity index (χ1v) is 8.02. The summed E-state index contributed by atoms with van der Waals surface area (Å²) in [5.74, 6) is 1.22. The van der Waals surface area contributed by atoms with Crippen molar-refractivity contribution in [3.63, 3.8) is 0 Å². The SMILES string of the molecule is CC(C(=O)N1CCNCC1)N1CCCC2CCCC21. The maximum absolute atomic E-state index is 12.6. The molecule has 0 aromatic rings. The van der Waals surface area contributed by atoms with E-state index in [0.717, 1.165) is 38.6 Å². The van der Waals surface area contributed by atoms with Crippen LogP contribution in [-0.2, 0) is 4.79 Å². The minimum atomic E-state index is 0.0870. The molecule has 0 spiro atoms. The van der Waals surface area contributed by atoms with Gasteiger partial charge in [0.05, 0.1) is 6.04 Å². The number of nitrogens with zero attached hydrogens (tertiary/aromatic N) is 2. The van der Waals surface area contributed by atoms with Gasteiger partial charge in [-0.1, -0.05) is 6.42 Å². The van der Waals surface area contributed by atoms with Gasteiger partial charge in [-0.25, -0.2) is 0 Å². The largest absolute Gasteiger partial charge is 0.339 e. The maximum atomic E-state index is 12.6. The number of rotatable bonds is 2. The monoisotopic (exact) mass is 265 g/mol. The molecule has 3 atom stereocenters. The van der Waals surface area contributed by atoms with E-state index >= 15 is 0 Å². The Morgan fingerprint density at radius 3 is 2.63 bits per heavy atom. The number of piperidine rings is 1. The molecule has 1 saturated carbocycles. The van der Waals surface area contributed by atoms with E-state index in [-0.39, 0.29) is 6.04 Å². The Morgan fingerprint density at radius 2 is 1.84 bits per heavy atom. The molecule has 0 radical (unpaired) electrons. The molecule has 3 fully saturated rings.